The van der Waals surface area contributed by atoms with E-state index in [0.717, 1.165) is 24.0 Å². The smallest absolute Gasteiger partial charge is 0.404 e. The number of hydrogen-bond donors (Lipinski definition) is 8. The van der Waals surface area contributed by atoms with Crippen molar-refractivity contribution in [3.05, 3.63) is 59.1 Å². The maximum atomic E-state index is 13.7. The molecule has 2 bridgehead atoms. The molecule has 0 unspecified atom stereocenters. The molecule has 1 aliphatic heterocycles. The number of primary amides is 1. The first-order valence-electron chi connectivity index (χ1n) is 20.7. The highest BCUT2D eigenvalue weighted by Gasteiger charge is 2.68. The lowest BCUT2D eigenvalue weighted by atomic mass is 9.43. The van der Waals surface area contributed by atoms with Gasteiger partial charge in [-0.25, -0.2) is 4.79 Å². The van der Waals surface area contributed by atoms with Gasteiger partial charge in [-0.15, -0.1) is 0 Å². The number of nitrogens with two attached hydrogens (primary N) is 1. The van der Waals surface area contributed by atoms with Crippen molar-refractivity contribution in [2.45, 2.75) is 128 Å². The van der Waals surface area contributed by atoms with E-state index in [1.807, 2.05) is 12.1 Å². The van der Waals surface area contributed by atoms with Crippen molar-refractivity contribution in [2.75, 3.05) is 6.54 Å². The van der Waals surface area contributed by atoms with Crippen LogP contribution in [0.2, 0.25) is 5.02 Å². The summed E-state index contributed by atoms with van der Waals surface area (Å²) in [7, 11) is -0.703. The quantitative estimate of drug-likeness (QED) is 0.0812. The van der Waals surface area contributed by atoms with Gasteiger partial charge < -0.3 is 52.0 Å². The van der Waals surface area contributed by atoms with E-state index in [9.17, 15) is 33.9 Å². The molecule has 16 nitrogen and oxygen atoms in total. The van der Waals surface area contributed by atoms with Crippen LogP contribution in [0.15, 0.2) is 48.5 Å². The number of amides is 7. The normalized spacial score (nSPS) is 24.1. The van der Waals surface area contributed by atoms with Crippen molar-refractivity contribution in [2.24, 2.45) is 23.0 Å². The summed E-state index contributed by atoms with van der Waals surface area (Å²) in [6, 6.07) is 8.46. The molecule has 3 saturated carbocycles. The predicted molar refractivity (Wildman–Crippen MR) is 226 cm³/mol. The Morgan fingerprint density at radius 2 is 1.45 bits per heavy atom. The fraction of sp³-hybridized carbons (Fsp3) is 0.571. The van der Waals surface area contributed by atoms with Crippen LogP contribution in [0.25, 0.3) is 11.1 Å². The van der Waals surface area contributed by atoms with E-state index in [1.54, 1.807) is 50.2 Å². The zero-order valence-electron chi connectivity index (χ0n) is 35.3. The molecule has 4 fully saturated rings. The van der Waals surface area contributed by atoms with Gasteiger partial charge in [0, 0.05) is 17.1 Å². The largest absolute Gasteiger partial charge is 0.481 e. The number of carbonyl (C=O) groups excluding carboxylic acids is 6. The molecular weight excluding hydrogens is 793 g/mol. The van der Waals surface area contributed by atoms with Crippen molar-refractivity contribution in [1.82, 2.24) is 31.9 Å². The number of benzene rings is 2. The molecule has 18 heteroatoms. The summed E-state index contributed by atoms with van der Waals surface area (Å²) in [5.41, 5.74) is 6.94. The molecule has 9 N–H and O–H groups in total. The van der Waals surface area contributed by atoms with Crippen LogP contribution >= 0.6 is 11.6 Å². The molecule has 2 aromatic carbocycles. The molecule has 60 heavy (non-hydrogen) atoms. The molecule has 2 aromatic rings. The van der Waals surface area contributed by atoms with Crippen LogP contribution < -0.4 is 37.6 Å². The molecule has 326 valence electrons. The number of rotatable bonds is 18. The molecule has 6 rings (SSSR count). The lowest BCUT2D eigenvalue weighted by Gasteiger charge is -2.64. The number of halogens is 1. The Kier molecular flexibility index (Phi) is 14.9. The van der Waals surface area contributed by atoms with Gasteiger partial charge in [-0.2, -0.15) is 0 Å². The fourth-order valence-corrected chi connectivity index (χ4v) is 8.80. The second-order valence-corrected chi connectivity index (χ2v) is 17.5. The van der Waals surface area contributed by atoms with Crippen molar-refractivity contribution in [3.8, 4) is 11.1 Å². The van der Waals surface area contributed by atoms with Gasteiger partial charge in [-0.3, -0.25) is 24.0 Å². The first-order chi connectivity index (χ1) is 28.2. The van der Waals surface area contributed by atoms with Crippen LogP contribution in [0.4, 0.5) is 4.79 Å². The van der Waals surface area contributed by atoms with Crippen molar-refractivity contribution in [1.29, 1.82) is 0 Å². The summed E-state index contributed by atoms with van der Waals surface area (Å²) in [4.78, 5) is 78.3. The van der Waals surface area contributed by atoms with Crippen LogP contribution in [0, 0.1) is 17.3 Å². The molecule has 0 spiro atoms. The molecule has 1 heterocycles. The highest BCUT2D eigenvalue weighted by molar-refractivity contribution is 6.47. The average Bonchev–Trinajstić information content (AvgIpc) is 3.57. The number of nitrogens with one attached hydrogen (secondary N) is 6. The van der Waals surface area contributed by atoms with E-state index < -0.39 is 84.5 Å². The Morgan fingerprint density at radius 3 is 2.03 bits per heavy atom. The summed E-state index contributed by atoms with van der Waals surface area (Å²) in [6.45, 7) is 12.9. The van der Waals surface area contributed by atoms with Crippen molar-refractivity contribution < 1.29 is 43.2 Å². The molecule has 0 aromatic heterocycles. The minimum atomic E-state index is -1.49. The molecule has 7 amide bonds. The lowest BCUT2D eigenvalue weighted by Crippen LogP contribution is -2.65. The van der Waals surface area contributed by atoms with Crippen molar-refractivity contribution >= 4 is 54.3 Å². The van der Waals surface area contributed by atoms with Gasteiger partial charge >= 0.3 is 13.1 Å². The highest BCUT2D eigenvalue weighted by atomic mass is 35.5. The Bertz CT molecular complexity index is 1900. The maximum Gasteiger partial charge on any atom is 0.481 e. The summed E-state index contributed by atoms with van der Waals surface area (Å²) in [5.74, 6) is -3.04. The van der Waals surface area contributed by atoms with E-state index in [0.29, 0.717) is 22.4 Å². The lowest BCUT2D eigenvalue weighted by molar-refractivity contribution is -0.199. The fourth-order valence-electron chi connectivity index (χ4n) is 8.67. The number of aliphatic hydroxyl groups is 1. The van der Waals surface area contributed by atoms with Gasteiger partial charge in [0.05, 0.1) is 23.8 Å². The SMILES string of the molecule is CC[C@H](NC(=O)c1ccc(-c2ccc(Cl)cc2)cc1)C(=O)N[C@H](C(=O)N[C@@H](C)C(=O)N[C@@H](CCCNC(N)=O)C(=O)N[C@@H](C)B1O[C@@H]2C[C@@H]3C[C@@H](C3(C)C)[C@]2(C)O1)[C@@H](C)O. The Balaban J connectivity index is 1.16. The summed E-state index contributed by atoms with van der Waals surface area (Å²) >= 11 is 5.99. The zero-order valence-corrected chi connectivity index (χ0v) is 36.1. The van der Waals surface area contributed by atoms with Crippen LogP contribution in [0.3, 0.4) is 0 Å². The molecular formula is C42H59BClN7O9. The standard InChI is InChI=1S/C42H59BClN7O9/c1-8-30(49-36(54)27-13-11-25(12-14-27)26-15-17-29(44)18-16-26)37(55)51-34(23(3)52)39(57)47-22(2)35(53)50-31(10-9-19-46-40(45)58)38(56)48-24(4)43-59-33-21-28-20-32(41(28,5)6)42(33,7)60-43/h11-18,22-24,28,30-34,52H,8-10,19-21H2,1-7H3,(H,47,57)(H,48,56)(H,49,54)(H,50,53)(H,51,55)(H3,45,46,58)/t22-,23+,24-,28-,30-,31-,32-,33+,34-,42-/m0/s1. The van der Waals surface area contributed by atoms with Gasteiger partial charge in [0.1, 0.15) is 24.2 Å². The van der Waals surface area contributed by atoms with Crippen LogP contribution in [-0.4, -0.2) is 102 Å². The molecule has 10 atom stereocenters. The average molecular weight is 852 g/mol. The van der Waals surface area contributed by atoms with Crippen LogP contribution in [0.5, 0.6) is 0 Å². The third kappa shape index (κ3) is 10.6. The van der Waals surface area contributed by atoms with E-state index in [-0.39, 0.29) is 37.3 Å². The van der Waals surface area contributed by atoms with E-state index >= 15 is 0 Å². The molecule has 4 aliphatic rings. The molecule has 1 saturated heterocycles. The van der Waals surface area contributed by atoms with E-state index in [2.05, 4.69) is 52.7 Å². The third-order valence-corrected chi connectivity index (χ3v) is 12.8. The molecule has 3 aliphatic carbocycles. The van der Waals surface area contributed by atoms with Crippen LogP contribution in [-0.2, 0) is 28.5 Å². The zero-order chi connectivity index (χ0) is 44.1. The summed E-state index contributed by atoms with van der Waals surface area (Å²) in [5, 5.41) is 26.9. The number of urea groups is 1. The topological polar surface area (TPSA) is 239 Å². The number of carbonyl (C=O) groups is 6. The van der Waals surface area contributed by atoms with Gasteiger partial charge in [0.15, 0.2) is 0 Å². The summed E-state index contributed by atoms with van der Waals surface area (Å²) in [6.07, 6.45) is 1.03. The second kappa shape index (κ2) is 19.3. The Labute approximate surface area is 356 Å². The second-order valence-electron chi connectivity index (χ2n) is 17.1. The summed E-state index contributed by atoms with van der Waals surface area (Å²) < 4.78 is 12.8. The number of hydrogen-bond acceptors (Lipinski definition) is 9. The number of aliphatic hydroxyl groups excluding tert-OH is 1. The Hall–Kier alpha value is -4.71. The minimum absolute atomic E-state index is 0.0924. The van der Waals surface area contributed by atoms with Gasteiger partial charge in [0.25, 0.3) is 5.91 Å². The third-order valence-electron chi connectivity index (χ3n) is 12.5. The highest BCUT2D eigenvalue weighted by Crippen LogP contribution is 2.65. The predicted octanol–water partition coefficient (Wildman–Crippen LogP) is 2.59. The molecule has 0 radical (unpaired) electrons. The van der Waals surface area contributed by atoms with Crippen molar-refractivity contribution in [3.63, 3.8) is 0 Å². The monoisotopic (exact) mass is 851 g/mol. The first kappa shape index (κ1) is 46.4. The van der Waals surface area contributed by atoms with E-state index in [1.165, 1.54) is 13.8 Å². The Morgan fingerprint density at radius 1 is 0.833 bits per heavy atom. The van der Waals surface area contributed by atoms with E-state index in [4.69, 9.17) is 26.6 Å². The van der Waals surface area contributed by atoms with Gasteiger partial charge in [-0.1, -0.05) is 56.6 Å². The van der Waals surface area contributed by atoms with Gasteiger partial charge in [0.2, 0.25) is 23.6 Å². The maximum absolute atomic E-state index is 13.7. The van der Waals surface area contributed by atoms with Crippen LogP contribution in [0.1, 0.15) is 90.9 Å². The van der Waals surface area contributed by atoms with Gasteiger partial charge in [-0.05, 0) is 112 Å². The first-order valence-corrected chi connectivity index (χ1v) is 21.1. The minimum Gasteiger partial charge on any atom is -0.404 e.